The fraction of sp³-hybridized carbons (Fsp3) is 0.462. The number of carbonyl (C=O) groups excluding carboxylic acids is 1. The minimum Gasteiger partial charge on any atom is -0.313 e. The number of hydrogen-bond donors (Lipinski definition) is 2. The van der Waals surface area contributed by atoms with E-state index in [1.165, 1.54) is 19.1 Å². The van der Waals surface area contributed by atoms with Crippen molar-refractivity contribution >= 4 is 21.6 Å². The van der Waals surface area contributed by atoms with Crippen LogP contribution in [0.15, 0.2) is 29.2 Å². The van der Waals surface area contributed by atoms with E-state index in [-0.39, 0.29) is 10.8 Å². The summed E-state index contributed by atoms with van der Waals surface area (Å²) in [6.07, 6.45) is 0. The second kappa shape index (κ2) is 6.83. The average Bonchev–Trinajstić information content (AvgIpc) is 2.33. The van der Waals surface area contributed by atoms with Gasteiger partial charge >= 0.3 is 0 Å². The zero-order valence-corrected chi connectivity index (χ0v) is 12.8. The molecule has 0 heterocycles. The molecule has 20 heavy (non-hydrogen) atoms. The number of carbonyl (C=O) groups is 1. The van der Waals surface area contributed by atoms with E-state index in [1.54, 1.807) is 17.0 Å². The van der Waals surface area contributed by atoms with Crippen LogP contribution in [0, 0.1) is 0 Å². The standard InChI is InChI=1S/C13H21N3O3S/c1-10(2)15-8-9-16(11(3)17)12-4-6-13(7-5-12)20(14,18)19/h4-7,10,15H,8-9H2,1-3H3,(H2,14,18,19). The average molecular weight is 299 g/mol. The Morgan fingerprint density at radius 2 is 1.85 bits per heavy atom. The zero-order chi connectivity index (χ0) is 15.3. The first-order valence-electron chi connectivity index (χ1n) is 6.36. The molecule has 0 bridgehead atoms. The summed E-state index contributed by atoms with van der Waals surface area (Å²) in [5.41, 5.74) is 0.649. The summed E-state index contributed by atoms with van der Waals surface area (Å²) >= 11 is 0. The van der Waals surface area contributed by atoms with Gasteiger partial charge in [0.2, 0.25) is 15.9 Å². The lowest BCUT2D eigenvalue weighted by Crippen LogP contribution is -2.37. The first-order valence-corrected chi connectivity index (χ1v) is 7.91. The molecule has 0 aliphatic carbocycles. The van der Waals surface area contributed by atoms with E-state index >= 15 is 0 Å². The lowest BCUT2D eigenvalue weighted by atomic mass is 10.2. The molecule has 0 aliphatic rings. The minimum absolute atomic E-state index is 0.0325. The van der Waals surface area contributed by atoms with Gasteiger partial charge in [0.15, 0.2) is 0 Å². The number of nitrogens with zero attached hydrogens (tertiary/aromatic N) is 1. The van der Waals surface area contributed by atoms with Crippen LogP contribution in [0.3, 0.4) is 0 Å². The van der Waals surface area contributed by atoms with Crippen LogP contribution < -0.4 is 15.4 Å². The summed E-state index contributed by atoms with van der Waals surface area (Å²) in [6, 6.07) is 6.30. The van der Waals surface area contributed by atoms with E-state index in [0.717, 1.165) is 0 Å². The van der Waals surface area contributed by atoms with Crippen molar-refractivity contribution in [3.05, 3.63) is 24.3 Å². The highest BCUT2D eigenvalue weighted by Gasteiger charge is 2.13. The van der Waals surface area contributed by atoms with E-state index in [2.05, 4.69) is 5.32 Å². The van der Waals surface area contributed by atoms with Crippen LogP contribution in [0.4, 0.5) is 5.69 Å². The van der Waals surface area contributed by atoms with Gasteiger partial charge in [-0.1, -0.05) is 13.8 Å². The van der Waals surface area contributed by atoms with Crippen LogP contribution in [-0.4, -0.2) is 33.5 Å². The van der Waals surface area contributed by atoms with Crippen LogP contribution in [0.25, 0.3) is 0 Å². The van der Waals surface area contributed by atoms with Crippen molar-refractivity contribution in [1.29, 1.82) is 0 Å². The van der Waals surface area contributed by atoms with E-state index in [0.29, 0.717) is 24.8 Å². The maximum Gasteiger partial charge on any atom is 0.238 e. The van der Waals surface area contributed by atoms with Crippen molar-refractivity contribution in [2.45, 2.75) is 31.7 Å². The zero-order valence-electron chi connectivity index (χ0n) is 12.0. The van der Waals surface area contributed by atoms with Gasteiger partial charge in [-0.05, 0) is 24.3 Å². The summed E-state index contributed by atoms with van der Waals surface area (Å²) in [7, 11) is -3.71. The Hall–Kier alpha value is -1.44. The molecule has 6 nitrogen and oxygen atoms in total. The Balaban J connectivity index is 2.85. The van der Waals surface area contributed by atoms with Gasteiger partial charge in [0.25, 0.3) is 0 Å². The number of nitrogens with one attached hydrogen (secondary N) is 1. The Morgan fingerprint density at radius 1 is 1.30 bits per heavy atom. The third-order valence-corrected chi connectivity index (χ3v) is 3.67. The lowest BCUT2D eigenvalue weighted by molar-refractivity contribution is -0.116. The fourth-order valence-corrected chi connectivity index (χ4v) is 2.26. The van der Waals surface area contributed by atoms with E-state index in [4.69, 9.17) is 5.14 Å². The Morgan fingerprint density at radius 3 is 2.25 bits per heavy atom. The van der Waals surface area contributed by atoms with Crippen LogP contribution >= 0.6 is 0 Å². The van der Waals surface area contributed by atoms with Gasteiger partial charge in [0, 0.05) is 31.7 Å². The quantitative estimate of drug-likeness (QED) is 0.808. The molecule has 0 atom stereocenters. The van der Waals surface area contributed by atoms with Gasteiger partial charge in [-0.15, -0.1) is 0 Å². The molecule has 0 radical (unpaired) electrons. The molecule has 1 rings (SSSR count). The van der Waals surface area contributed by atoms with Crippen LogP contribution in [0.5, 0.6) is 0 Å². The Kier molecular flexibility index (Phi) is 5.67. The van der Waals surface area contributed by atoms with Gasteiger partial charge in [-0.3, -0.25) is 4.79 Å². The van der Waals surface area contributed by atoms with Crippen LogP contribution in [0.2, 0.25) is 0 Å². The number of nitrogens with two attached hydrogens (primary N) is 1. The largest absolute Gasteiger partial charge is 0.313 e. The molecule has 0 fully saturated rings. The number of rotatable bonds is 6. The number of primary sulfonamides is 1. The third-order valence-electron chi connectivity index (χ3n) is 2.75. The van der Waals surface area contributed by atoms with Gasteiger partial charge in [0.05, 0.1) is 4.90 Å². The molecule has 0 spiro atoms. The molecule has 0 saturated carbocycles. The molecule has 1 amide bonds. The van der Waals surface area contributed by atoms with Crippen molar-refractivity contribution in [3.63, 3.8) is 0 Å². The molecule has 1 aromatic rings. The first-order chi connectivity index (χ1) is 9.21. The predicted molar refractivity (Wildman–Crippen MR) is 79.0 cm³/mol. The highest BCUT2D eigenvalue weighted by Crippen LogP contribution is 2.17. The molecule has 0 saturated heterocycles. The monoisotopic (exact) mass is 299 g/mol. The number of amides is 1. The fourth-order valence-electron chi connectivity index (χ4n) is 1.75. The number of sulfonamides is 1. The van der Waals surface area contributed by atoms with E-state index in [9.17, 15) is 13.2 Å². The minimum atomic E-state index is -3.71. The maximum atomic E-state index is 11.7. The summed E-state index contributed by atoms with van der Waals surface area (Å²) < 4.78 is 22.4. The first kappa shape index (κ1) is 16.6. The Labute approximate surface area is 120 Å². The van der Waals surface area contributed by atoms with Gasteiger partial charge < -0.3 is 10.2 Å². The molecule has 1 aromatic carbocycles. The molecule has 0 unspecified atom stereocenters. The van der Waals surface area contributed by atoms with Crippen molar-refractivity contribution < 1.29 is 13.2 Å². The molecular formula is C13H21N3O3S. The number of anilines is 1. The second-order valence-corrected chi connectivity index (χ2v) is 6.38. The number of hydrogen-bond acceptors (Lipinski definition) is 4. The molecule has 0 aliphatic heterocycles. The Bertz CT molecular complexity index is 553. The summed E-state index contributed by atoms with van der Waals surface area (Å²) in [5.74, 6) is -0.0982. The molecule has 3 N–H and O–H groups in total. The highest BCUT2D eigenvalue weighted by atomic mass is 32.2. The van der Waals surface area contributed by atoms with Crippen molar-refractivity contribution in [2.24, 2.45) is 5.14 Å². The van der Waals surface area contributed by atoms with Crippen molar-refractivity contribution in [1.82, 2.24) is 5.32 Å². The normalized spacial score (nSPS) is 11.7. The van der Waals surface area contributed by atoms with Crippen LogP contribution in [0.1, 0.15) is 20.8 Å². The van der Waals surface area contributed by atoms with Crippen molar-refractivity contribution in [2.75, 3.05) is 18.0 Å². The second-order valence-electron chi connectivity index (χ2n) is 4.82. The van der Waals surface area contributed by atoms with E-state index in [1.807, 2.05) is 13.8 Å². The maximum absolute atomic E-state index is 11.7. The summed E-state index contributed by atoms with van der Waals surface area (Å²) in [4.78, 5) is 13.3. The highest BCUT2D eigenvalue weighted by molar-refractivity contribution is 7.89. The summed E-state index contributed by atoms with van der Waals surface area (Å²) in [6.45, 7) is 6.71. The smallest absolute Gasteiger partial charge is 0.238 e. The third kappa shape index (κ3) is 4.92. The topological polar surface area (TPSA) is 92.5 Å². The van der Waals surface area contributed by atoms with E-state index < -0.39 is 10.0 Å². The SMILES string of the molecule is CC(=O)N(CCNC(C)C)c1ccc(S(N)(=O)=O)cc1. The summed E-state index contributed by atoms with van der Waals surface area (Å²) in [5, 5.41) is 8.26. The number of benzene rings is 1. The molecule has 7 heteroatoms. The lowest BCUT2D eigenvalue weighted by Gasteiger charge is -2.22. The van der Waals surface area contributed by atoms with Gasteiger partial charge in [0.1, 0.15) is 0 Å². The van der Waals surface area contributed by atoms with Gasteiger partial charge in [-0.25, -0.2) is 13.6 Å². The predicted octanol–water partition coefficient (Wildman–Crippen LogP) is 0.685. The molecule has 0 aromatic heterocycles. The van der Waals surface area contributed by atoms with Gasteiger partial charge in [-0.2, -0.15) is 0 Å². The molecular weight excluding hydrogens is 278 g/mol. The van der Waals surface area contributed by atoms with Crippen molar-refractivity contribution in [3.8, 4) is 0 Å². The van der Waals surface area contributed by atoms with Crippen LogP contribution in [-0.2, 0) is 14.8 Å². The molecule has 112 valence electrons.